The maximum absolute atomic E-state index is 14.1. The van der Waals surface area contributed by atoms with Crippen LogP contribution < -0.4 is 24.8 Å². The van der Waals surface area contributed by atoms with E-state index in [0.717, 1.165) is 65.2 Å². The molecule has 2 N–H and O–H groups in total. The number of halogens is 1. The van der Waals surface area contributed by atoms with Crippen LogP contribution in [0.2, 0.25) is 0 Å². The lowest BCUT2D eigenvalue weighted by Crippen LogP contribution is -2.34. The fourth-order valence-corrected chi connectivity index (χ4v) is 5.16. The fourth-order valence-electron chi connectivity index (χ4n) is 5.16. The number of carbonyl (C=O) groups is 1. The van der Waals surface area contributed by atoms with Gasteiger partial charge >= 0.3 is 0 Å². The van der Waals surface area contributed by atoms with Gasteiger partial charge in [-0.25, -0.2) is 4.39 Å². The van der Waals surface area contributed by atoms with Crippen LogP contribution in [0.25, 0.3) is 22.3 Å². The zero-order valence-corrected chi connectivity index (χ0v) is 23.4. The first-order chi connectivity index (χ1) is 20.0. The van der Waals surface area contributed by atoms with Crippen LogP contribution in [-0.4, -0.2) is 45.9 Å². The van der Waals surface area contributed by atoms with Crippen molar-refractivity contribution in [3.8, 4) is 39.5 Å². The SMILES string of the molecule is COc1cccc(-c2cc(C(=O)NCCc3ccc(OC4CCNCC4)cc3-c3cccc(F)c3)ccc2OC)c1. The molecule has 0 aromatic heterocycles. The molecule has 5 rings (SSSR count). The predicted molar refractivity (Wildman–Crippen MR) is 159 cm³/mol. The van der Waals surface area contributed by atoms with Crippen molar-refractivity contribution in [2.45, 2.75) is 25.4 Å². The van der Waals surface area contributed by atoms with Crippen LogP contribution in [-0.2, 0) is 6.42 Å². The Kier molecular flexibility index (Phi) is 9.16. The normalized spacial score (nSPS) is 13.4. The molecule has 41 heavy (non-hydrogen) atoms. The predicted octanol–water partition coefficient (Wildman–Crippen LogP) is 6.28. The summed E-state index contributed by atoms with van der Waals surface area (Å²) in [5.41, 5.74) is 4.90. The molecule has 1 amide bonds. The summed E-state index contributed by atoms with van der Waals surface area (Å²) in [5, 5.41) is 6.39. The molecule has 0 unspecified atom stereocenters. The molecule has 1 aliphatic rings. The fraction of sp³-hybridized carbons (Fsp3) is 0.265. The van der Waals surface area contributed by atoms with Crippen molar-refractivity contribution >= 4 is 5.91 Å². The van der Waals surface area contributed by atoms with Crippen molar-refractivity contribution in [1.29, 1.82) is 0 Å². The molecule has 4 aromatic carbocycles. The minimum atomic E-state index is -0.294. The van der Waals surface area contributed by atoms with E-state index in [4.69, 9.17) is 14.2 Å². The molecule has 6 nitrogen and oxygen atoms in total. The highest BCUT2D eigenvalue weighted by Crippen LogP contribution is 2.33. The molecular weight excluding hydrogens is 519 g/mol. The minimum Gasteiger partial charge on any atom is -0.497 e. The summed E-state index contributed by atoms with van der Waals surface area (Å²) in [6.07, 6.45) is 2.64. The first kappa shape index (κ1) is 28.2. The lowest BCUT2D eigenvalue weighted by atomic mass is 9.97. The molecule has 0 atom stereocenters. The van der Waals surface area contributed by atoms with Crippen LogP contribution in [0.3, 0.4) is 0 Å². The lowest BCUT2D eigenvalue weighted by Gasteiger charge is -2.24. The van der Waals surface area contributed by atoms with Crippen molar-refractivity contribution in [2.75, 3.05) is 33.9 Å². The average molecular weight is 555 g/mol. The van der Waals surface area contributed by atoms with E-state index in [1.807, 2.05) is 54.6 Å². The van der Waals surface area contributed by atoms with Gasteiger partial charge in [0.05, 0.1) is 14.2 Å². The molecule has 0 spiro atoms. The number of carbonyl (C=O) groups excluding carboxylic acids is 1. The van der Waals surface area contributed by atoms with Gasteiger partial charge in [-0.2, -0.15) is 0 Å². The largest absolute Gasteiger partial charge is 0.497 e. The van der Waals surface area contributed by atoms with Crippen LogP contribution in [0.4, 0.5) is 4.39 Å². The van der Waals surface area contributed by atoms with Gasteiger partial charge in [-0.15, -0.1) is 0 Å². The number of methoxy groups -OCH3 is 2. The molecular formula is C34H35FN2O4. The summed E-state index contributed by atoms with van der Waals surface area (Å²) in [7, 11) is 3.23. The summed E-state index contributed by atoms with van der Waals surface area (Å²) < 4.78 is 31.3. The Morgan fingerprint density at radius 2 is 1.63 bits per heavy atom. The number of rotatable bonds is 10. The Balaban J connectivity index is 1.32. The third-order valence-corrected chi connectivity index (χ3v) is 7.33. The zero-order valence-electron chi connectivity index (χ0n) is 23.4. The topological polar surface area (TPSA) is 68.8 Å². The van der Waals surface area contributed by atoms with Gasteiger partial charge in [-0.1, -0.05) is 30.3 Å². The van der Waals surface area contributed by atoms with Crippen LogP contribution in [0.1, 0.15) is 28.8 Å². The standard InChI is InChI=1S/C34H35FN2O4/c1-39-29-8-4-6-25(20-29)32-21-26(10-12-33(32)40-2)34(38)37-18-13-23-9-11-30(41-28-14-16-36-17-15-28)22-31(23)24-5-3-7-27(35)19-24/h3-12,19-22,28,36H,13-18H2,1-2H3,(H,37,38). The van der Waals surface area contributed by atoms with Gasteiger partial charge < -0.3 is 24.8 Å². The smallest absolute Gasteiger partial charge is 0.251 e. The van der Waals surface area contributed by atoms with E-state index < -0.39 is 0 Å². The molecule has 1 fully saturated rings. The van der Waals surface area contributed by atoms with E-state index in [2.05, 4.69) is 10.6 Å². The van der Waals surface area contributed by atoms with Gasteiger partial charge in [0.25, 0.3) is 5.91 Å². The molecule has 212 valence electrons. The second kappa shape index (κ2) is 13.3. The Morgan fingerprint density at radius 3 is 2.39 bits per heavy atom. The Morgan fingerprint density at radius 1 is 0.854 bits per heavy atom. The van der Waals surface area contributed by atoms with Crippen LogP contribution in [0.15, 0.2) is 84.9 Å². The molecule has 7 heteroatoms. The lowest BCUT2D eigenvalue weighted by molar-refractivity contribution is 0.0954. The van der Waals surface area contributed by atoms with Gasteiger partial charge in [0, 0.05) is 17.7 Å². The summed E-state index contributed by atoms with van der Waals surface area (Å²) in [4.78, 5) is 13.2. The number of benzene rings is 4. The number of amides is 1. The summed E-state index contributed by atoms with van der Waals surface area (Å²) in [6.45, 7) is 2.29. The highest BCUT2D eigenvalue weighted by atomic mass is 19.1. The minimum absolute atomic E-state index is 0.160. The molecule has 0 aliphatic carbocycles. The van der Waals surface area contributed by atoms with E-state index in [-0.39, 0.29) is 17.8 Å². The maximum atomic E-state index is 14.1. The summed E-state index contributed by atoms with van der Waals surface area (Å²) >= 11 is 0. The van der Waals surface area contributed by atoms with E-state index in [1.54, 1.807) is 32.4 Å². The quantitative estimate of drug-likeness (QED) is 0.242. The first-order valence-electron chi connectivity index (χ1n) is 13.9. The van der Waals surface area contributed by atoms with Crippen LogP contribution in [0, 0.1) is 5.82 Å². The van der Waals surface area contributed by atoms with Gasteiger partial charge in [0.1, 0.15) is 29.2 Å². The van der Waals surface area contributed by atoms with Crippen molar-refractivity contribution in [2.24, 2.45) is 0 Å². The van der Waals surface area contributed by atoms with Crippen molar-refractivity contribution < 1.29 is 23.4 Å². The van der Waals surface area contributed by atoms with Crippen molar-refractivity contribution in [3.05, 3.63) is 102 Å². The molecule has 0 saturated carbocycles. The number of nitrogens with one attached hydrogen (secondary N) is 2. The molecule has 1 saturated heterocycles. The Bertz CT molecular complexity index is 1500. The van der Waals surface area contributed by atoms with E-state index in [1.165, 1.54) is 12.1 Å². The molecule has 1 heterocycles. The molecule has 0 bridgehead atoms. The van der Waals surface area contributed by atoms with Crippen LogP contribution in [0.5, 0.6) is 17.2 Å². The number of hydrogen-bond donors (Lipinski definition) is 2. The summed E-state index contributed by atoms with van der Waals surface area (Å²) in [5.74, 6) is 1.68. The highest BCUT2D eigenvalue weighted by Gasteiger charge is 2.17. The third kappa shape index (κ3) is 7.05. The zero-order chi connectivity index (χ0) is 28.6. The monoisotopic (exact) mass is 554 g/mol. The first-order valence-corrected chi connectivity index (χ1v) is 13.9. The van der Waals surface area contributed by atoms with Gasteiger partial charge in [-0.05, 0) is 109 Å². The van der Waals surface area contributed by atoms with Crippen LogP contribution >= 0.6 is 0 Å². The number of hydrogen-bond acceptors (Lipinski definition) is 5. The van der Waals surface area contributed by atoms with E-state index in [9.17, 15) is 9.18 Å². The number of ether oxygens (including phenoxy) is 3. The van der Waals surface area contributed by atoms with E-state index in [0.29, 0.717) is 24.3 Å². The Labute approximate surface area is 240 Å². The third-order valence-electron chi connectivity index (χ3n) is 7.33. The molecule has 0 radical (unpaired) electrons. The van der Waals surface area contributed by atoms with E-state index >= 15 is 0 Å². The van der Waals surface area contributed by atoms with Crippen molar-refractivity contribution in [3.63, 3.8) is 0 Å². The van der Waals surface area contributed by atoms with Gasteiger partial charge in [0.2, 0.25) is 0 Å². The average Bonchev–Trinajstić information content (AvgIpc) is 3.01. The second-order valence-corrected chi connectivity index (χ2v) is 10.0. The highest BCUT2D eigenvalue weighted by molar-refractivity contribution is 5.96. The van der Waals surface area contributed by atoms with Crippen molar-refractivity contribution in [1.82, 2.24) is 10.6 Å². The maximum Gasteiger partial charge on any atom is 0.251 e. The number of piperidine rings is 1. The summed E-state index contributed by atoms with van der Waals surface area (Å²) in [6, 6.07) is 25.5. The second-order valence-electron chi connectivity index (χ2n) is 10.0. The Hall–Kier alpha value is -4.36. The molecule has 4 aromatic rings. The van der Waals surface area contributed by atoms with Gasteiger partial charge in [0.15, 0.2) is 0 Å². The molecule has 1 aliphatic heterocycles. The van der Waals surface area contributed by atoms with Gasteiger partial charge in [-0.3, -0.25) is 4.79 Å².